The van der Waals surface area contributed by atoms with Crippen LogP contribution >= 0.6 is 0 Å². The van der Waals surface area contributed by atoms with Gasteiger partial charge in [-0.15, -0.1) is 0 Å². The average Bonchev–Trinajstić information content (AvgIpc) is 3.15. The number of carbonyl (C=O) groups excluding carboxylic acids is 1. The topological polar surface area (TPSA) is 80.0 Å². The smallest absolute Gasteiger partial charge is 0.272 e. The number of methoxy groups -OCH3 is 1. The van der Waals surface area contributed by atoms with Gasteiger partial charge in [-0.3, -0.25) is 4.79 Å². The van der Waals surface area contributed by atoms with Crippen molar-refractivity contribution in [2.24, 2.45) is 0 Å². The molecule has 4 rings (SSSR count). The molecule has 134 valence electrons. The zero-order valence-electron chi connectivity index (χ0n) is 14.9. The third-order valence-electron chi connectivity index (χ3n) is 5.77. The van der Waals surface area contributed by atoms with E-state index in [0.29, 0.717) is 24.3 Å². The van der Waals surface area contributed by atoms with Crippen molar-refractivity contribution in [2.45, 2.75) is 57.3 Å². The molecule has 1 aliphatic heterocycles. The molecule has 1 N–H and O–H groups in total. The summed E-state index contributed by atoms with van der Waals surface area (Å²) in [5.41, 5.74) is 2.53. The lowest BCUT2D eigenvalue weighted by atomic mass is 9.79. The first-order valence-electron chi connectivity index (χ1n) is 8.82. The minimum absolute atomic E-state index is 0.0949. The first-order chi connectivity index (χ1) is 11.9. The van der Waals surface area contributed by atoms with E-state index in [0.717, 1.165) is 30.7 Å². The first kappa shape index (κ1) is 16.5. The van der Waals surface area contributed by atoms with Crippen LogP contribution in [0.5, 0.6) is 0 Å². The molecule has 2 aliphatic rings. The molecule has 0 radical (unpaired) electrons. The molecule has 0 spiro atoms. The van der Waals surface area contributed by atoms with Gasteiger partial charge in [-0.2, -0.15) is 5.10 Å². The van der Waals surface area contributed by atoms with Crippen LogP contribution < -0.4 is 0 Å². The lowest BCUT2D eigenvalue weighted by Crippen LogP contribution is -2.52. The quantitative estimate of drug-likeness (QED) is 0.893. The van der Waals surface area contributed by atoms with Gasteiger partial charge in [-0.25, -0.2) is 9.50 Å². The number of aliphatic hydroxyl groups is 1. The molecule has 3 heterocycles. The summed E-state index contributed by atoms with van der Waals surface area (Å²) in [6.07, 6.45) is 2.50. The van der Waals surface area contributed by atoms with Gasteiger partial charge in [0.15, 0.2) is 5.65 Å². The molecule has 3 atom stereocenters. The predicted octanol–water partition coefficient (Wildman–Crippen LogP) is 1.49. The van der Waals surface area contributed by atoms with E-state index in [2.05, 4.69) is 10.1 Å². The highest BCUT2D eigenvalue weighted by atomic mass is 16.5. The monoisotopic (exact) mass is 344 g/mol. The van der Waals surface area contributed by atoms with E-state index < -0.39 is 0 Å². The zero-order chi connectivity index (χ0) is 17.8. The van der Waals surface area contributed by atoms with Gasteiger partial charge in [0.2, 0.25) is 0 Å². The summed E-state index contributed by atoms with van der Waals surface area (Å²) in [6.45, 7) is 4.46. The van der Waals surface area contributed by atoms with Crippen molar-refractivity contribution < 1.29 is 14.6 Å². The lowest BCUT2D eigenvalue weighted by Gasteiger charge is -2.42. The summed E-state index contributed by atoms with van der Waals surface area (Å²) >= 11 is 0. The average molecular weight is 344 g/mol. The number of hydrogen-bond donors (Lipinski definition) is 1. The molecule has 0 aromatic carbocycles. The van der Waals surface area contributed by atoms with Crippen molar-refractivity contribution in [1.29, 1.82) is 0 Å². The number of ether oxygens (including phenoxy) is 1. The molecule has 2 aromatic rings. The fourth-order valence-electron chi connectivity index (χ4n) is 4.42. The van der Waals surface area contributed by atoms with E-state index >= 15 is 0 Å². The summed E-state index contributed by atoms with van der Waals surface area (Å²) in [4.78, 5) is 19.5. The second-order valence-electron chi connectivity index (χ2n) is 7.30. The Labute approximate surface area is 146 Å². The molecule has 1 saturated heterocycles. The van der Waals surface area contributed by atoms with Crippen molar-refractivity contribution in [1.82, 2.24) is 19.5 Å². The number of carbonyl (C=O) groups is 1. The molecule has 1 saturated carbocycles. The van der Waals surface area contributed by atoms with Crippen LogP contribution in [0.15, 0.2) is 12.1 Å². The zero-order valence-corrected chi connectivity index (χ0v) is 14.9. The summed E-state index contributed by atoms with van der Waals surface area (Å²) in [5.74, 6) is -0.0949. The van der Waals surface area contributed by atoms with Gasteiger partial charge < -0.3 is 14.7 Å². The Kier molecular flexibility index (Phi) is 3.81. The molecule has 0 bridgehead atoms. The number of nitrogens with zero attached hydrogens (tertiary/aromatic N) is 4. The number of aryl methyl sites for hydroxylation is 2. The van der Waals surface area contributed by atoms with Crippen LogP contribution in [0.4, 0.5) is 0 Å². The second kappa shape index (κ2) is 5.78. The van der Waals surface area contributed by atoms with Crippen molar-refractivity contribution in [3.8, 4) is 0 Å². The Morgan fingerprint density at radius 3 is 2.92 bits per heavy atom. The highest BCUT2D eigenvalue weighted by molar-refractivity contribution is 5.93. The number of rotatable bonds is 2. The Hall–Kier alpha value is -1.99. The van der Waals surface area contributed by atoms with E-state index in [1.54, 1.807) is 17.7 Å². The Morgan fingerprint density at radius 1 is 1.36 bits per heavy atom. The van der Waals surface area contributed by atoms with E-state index in [4.69, 9.17) is 4.74 Å². The highest BCUT2D eigenvalue weighted by Gasteiger charge is 2.52. The number of hydrogen-bond acceptors (Lipinski definition) is 5. The molecule has 2 fully saturated rings. The third-order valence-corrected chi connectivity index (χ3v) is 5.77. The molecule has 1 aliphatic carbocycles. The van der Waals surface area contributed by atoms with Crippen molar-refractivity contribution >= 4 is 11.6 Å². The summed E-state index contributed by atoms with van der Waals surface area (Å²) in [6, 6.07) is 3.56. The van der Waals surface area contributed by atoms with Gasteiger partial charge in [0.25, 0.3) is 5.91 Å². The fraction of sp³-hybridized carbons (Fsp3) is 0.611. The van der Waals surface area contributed by atoms with Gasteiger partial charge in [-0.1, -0.05) is 0 Å². The molecule has 2 unspecified atom stereocenters. The molecular formula is C18H24N4O3. The van der Waals surface area contributed by atoms with E-state index in [9.17, 15) is 9.90 Å². The standard InChI is InChI=1S/C18H24N4O3/c1-11-8-16-19-14(9-12(2)22(16)20-11)17(24)21-7-6-18(25-3)5-4-13(23)10-15(18)21/h8-9,13,15,23H,4-7,10H2,1-3H3/t13?,15?,18-/m1/s1. The van der Waals surface area contributed by atoms with Crippen LogP contribution in [0, 0.1) is 13.8 Å². The normalized spacial score (nSPS) is 29.2. The Balaban J connectivity index is 1.69. The van der Waals surface area contributed by atoms with Crippen molar-refractivity contribution in [3.05, 3.63) is 29.2 Å². The maximum Gasteiger partial charge on any atom is 0.272 e. The Bertz CT molecular complexity index is 833. The van der Waals surface area contributed by atoms with Gasteiger partial charge in [-0.05, 0) is 45.6 Å². The number of likely N-dealkylation sites (tertiary alicyclic amines) is 1. The highest BCUT2D eigenvalue weighted by Crippen LogP contribution is 2.42. The van der Waals surface area contributed by atoms with E-state index in [1.807, 2.05) is 24.8 Å². The fourth-order valence-corrected chi connectivity index (χ4v) is 4.42. The van der Waals surface area contributed by atoms with Crippen LogP contribution in [-0.4, -0.2) is 61.9 Å². The van der Waals surface area contributed by atoms with E-state index in [1.165, 1.54) is 0 Å². The molecule has 2 aromatic heterocycles. The number of aromatic nitrogens is 3. The van der Waals surface area contributed by atoms with Gasteiger partial charge in [0, 0.05) is 25.4 Å². The number of amides is 1. The minimum atomic E-state index is -0.378. The molecule has 7 nitrogen and oxygen atoms in total. The number of aliphatic hydroxyl groups excluding tert-OH is 1. The predicted molar refractivity (Wildman–Crippen MR) is 91.5 cm³/mol. The van der Waals surface area contributed by atoms with Crippen molar-refractivity contribution in [2.75, 3.05) is 13.7 Å². The summed E-state index contributed by atoms with van der Waals surface area (Å²) in [7, 11) is 1.71. The summed E-state index contributed by atoms with van der Waals surface area (Å²) < 4.78 is 7.57. The van der Waals surface area contributed by atoms with Crippen LogP contribution in [0.2, 0.25) is 0 Å². The lowest BCUT2D eigenvalue weighted by molar-refractivity contribution is -0.0824. The van der Waals surface area contributed by atoms with Crippen LogP contribution in [0.25, 0.3) is 5.65 Å². The maximum absolute atomic E-state index is 13.2. The van der Waals surface area contributed by atoms with Crippen LogP contribution in [0.1, 0.15) is 47.6 Å². The van der Waals surface area contributed by atoms with Crippen LogP contribution in [0.3, 0.4) is 0 Å². The van der Waals surface area contributed by atoms with Gasteiger partial charge in [0.1, 0.15) is 5.69 Å². The minimum Gasteiger partial charge on any atom is -0.393 e. The SMILES string of the molecule is CO[C@@]12CCC(O)CC1N(C(=O)c1cc(C)n3nc(C)cc3n1)CC2. The molecule has 1 amide bonds. The molecule has 7 heteroatoms. The van der Waals surface area contributed by atoms with Crippen LogP contribution in [-0.2, 0) is 4.74 Å². The van der Waals surface area contributed by atoms with E-state index in [-0.39, 0.29) is 23.7 Å². The maximum atomic E-state index is 13.2. The van der Waals surface area contributed by atoms with Gasteiger partial charge in [0.05, 0.1) is 23.4 Å². The van der Waals surface area contributed by atoms with Gasteiger partial charge >= 0.3 is 0 Å². The molecule has 25 heavy (non-hydrogen) atoms. The second-order valence-corrected chi connectivity index (χ2v) is 7.30. The number of fused-ring (bicyclic) bond motifs is 2. The third kappa shape index (κ3) is 2.53. The Morgan fingerprint density at radius 2 is 2.16 bits per heavy atom. The largest absolute Gasteiger partial charge is 0.393 e. The molecular weight excluding hydrogens is 320 g/mol. The first-order valence-corrected chi connectivity index (χ1v) is 8.82. The summed E-state index contributed by atoms with van der Waals surface area (Å²) in [5, 5.41) is 14.5. The van der Waals surface area contributed by atoms with Crippen molar-refractivity contribution in [3.63, 3.8) is 0 Å².